The Labute approximate surface area is 85.6 Å². The minimum absolute atomic E-state index is 0.241. The smallest absolute Gasteiger partial charge is 0.222 e. The number of rotatable bonds is 3. The molecular formula is C11H20N2O. The minimum Gasteiger partial charge on any atom is -0.339 e. The summed E-state index contributed by atoms with van der Waals surface area (Å²) in [5.41, 5.74) is 5.63. The van der Waals surface area contributed by atoms with Gasteiger partial charge in [0.25, 0.3) is 0 Å². The van der Waals surface area contributed by atoms with Crippen LogP contribution in [0.3, 0.4) is 0 Å². The summed E-state index contributed by atoms with van der Waals surface area (Å²) in [5, 5.41) is 0. The minimum atomic E-state index is 0.241. The Morgan fingerprint density at radius 3 is 2.50 bits per heavy atom. The van der Waals surface area contributed by atoms with Crippen LogP contribution < -0.4 is 5.73 Å². The van der Waals surface area contributed by atoms with Crippen LogP contribution in [-0.4, -0.2) is 29.9 Å². The fourth-order valence-corrected chi connectivity index (χ4v) is 2.50. The van der Waals surface area contributed by atoms with Crippen LogP contribution in [-0.2, 0) is 4.79 Å². The van der Waals surface area contributed by atoms with Gasteiger partial charge < -0.3 is 10.6 Å². The number of nitrogens with zero attached hydrogens (tertiary/aromatic N) is 1. The van der Waals surface area contributed by atoms with Gasteiger partial charge in [0.05, 0.1) is 0 Å². The van der Waals surface area contributed by atoms with E-state index in [1.807, 2.05) is 4.90 Å². The molecule has 2 rings (SSSR count). The largest absolute Gasteiger partial charge is 0.339 e. The van der Waals surface area contributed by atoms with Crippen molar-refractivity contribution in [1.29, 1.82) is 0 Å². The summed E-state index contributed by atoms with van der Waals surface area (Å²) in [7, 11) is 0. The van der Waals surface area contributed by atoms with E-state index in [4.69, 9.17) is 5.73 Å². The molecule has 2 fully saturated rings. The van der Waals surface area contributed by atoms with E-state index in [1.165, 1.54) is 25.7 Å². The van der Waals surface area contributed by atoms with Gasteiger partial charge in [-0.3, -0.25) is 4.79 Å². The van der Waals surface area contributed by atoms with E-state index in [2.05, 4.69) is 0 Å². The maximum atomic E-state index is 11.6. The Bertz CT molecular complexity index is 205. The molecule has 1 aliphatic carbocycles. The Kier molecular flexibility index (Phi) is 3.06. The summed E-state index contributed by atoms with van der Waals surface area (Å²) in [6.45, 7) is 1.56. The van der Waals surface area contributed by atoms with Crippen molar-refractivity contribution in [2.75, 3.05) is 13.1 Å². The monoisotopic (exact) mass is 196 g/mol. The lowest BCUT2D eigenvalue weighted by molar-refractivity contribution is -0.135. The molecule has 0 spiro atoms. The van der Waals surface area contributed by atoms with Crippen LogP contribution in [0.2, 0.25) is 0 Å². The van der Waals surface area contributed by atoms with Crippen LogP contribution in [0, 0.1) is 5.92 Å². The third-order valence-electron chi connectivity index (χ3n) is 3.50. The highest BCUT2D eigenvalue weighted by Crippen LogP contribution is 2.28. The molecule has 0 bridgehead atoms. The van der Waals surface area contributed by atoms with Crippen molar-refractivity contribution in [3.05, 3.63) is 0 Å². The van der Waals surface area contributed by atoms with Gasteiger partial charge in [0.1, 0.15) is 0 Å². The highest BCUT2D eigenvalue weighted by atomic mass is 16.2. The maximum absolute atomic E-state index is 11.6. The first-order chi connectivity index (χ1) is 6.75. The second-order valence-electron chi connectivity index (χ2n) is 4.75. The van der Waals surface area contributed by atoms with E-state index in [0.29, 0.717) is 5.91 Å². The zero-order chi connectivity index (χ0) is 9.97. The van der Waals surface area contributed by atoms with Gasteiger partial charge in [-0.15, -0.1) is 0 Å². The summed E-state index contributed by atoms with van der Waals surface area (Å²) in [5.74, 6) is 1.15. The van der Waals surface area contributed by atoms with Crippen molar-refractivity contribution < 1.29 is 4.79 Å². The summed E-state index contributed by atoms with van der Waals surface area (Å²) >= 11 is 0. The molecule has 0 radical (unpaired) electrons. The first kappa shape index (κ1) is 9.97. The molecule has 14 heavy (non-hydrogen) atoms. The second-order valence-corrected chi connectivity index (χ2v) is 4.75. The SMILES string of the molecule is NC1CN(C(=O)CCC2CCCC2)C1. The van der Waals surface area contributed by atoms with E-state index < -0.39 is 0 Å². The Morgan fingerprint density at radius 2 is 1.93 bits per heavy atom. The molecule has 1 saturated heterocycles. The van der Waals surface area contributed by atoms with Gasteiger partial charge in [0.15, 0.2) is 0 Å². The molecule has 2 aliphatic rings. The molecule has 0 atom stereocenters. The van der Waals surface area contributed by atoms with E-state index in [1.54, 1.807) is 0 Å². The first-order valence-corrected chi connectivity index (χ1v) is 5.79. The lowest BCUT2D eigenvalue weighted by Gasteiger charge is -2.37. The van der Waals surface area contributed by atoms with E-state index >= 15 is 0 Å². The van der Waals surface area contributed by atoms with Crippen molar-refractivity contribution in [2.45, 2.75) is 44.6 Å². The predicted molar refractivity (Wildman–Crippen MR) is 55.7 cm³/mol. The molecule has 0 unspecified atom stereocenters. The zero-order valence-electron chi connectivity index (χ0n) is 8.74. The first-order valence-electron chi connectivity index (χ1n) is 5.79. The highest BCUT2D eigenvalue weighted by molar-refractivity contribution is 5.77. The molecule has 0 aromatic heterocycles. The summed E-state index contributed by atoms with van der Waals surface area (Å²) in [4.78, 5) is 13.5. The average Bonchev–Trinajstić information content (AvgIpc) is 2.61. The Morgan fingerprint density at radius 1 is 1.29 bits per heavy atom. The quantitative estimate of drug-likeness (QED) is 0.735. The van der Waals surface area contributed by atoms with Crippen molar-refractivity contribution in [3.8, 4) is 0 Å². The topological polar surface area (TPSA) is 46.3 Å². The number of amides is 1. The van der Waals surface area contributed by atoms with E-state index in [9.17, 15) is 4.79 Å². The van der Waals surface area contributed by atoms with Crippen LogP contribution in [0.4, 0.5) is 0 Å². The average molecular weight is 196 g/mol. The number of carbonyl (C=O) groups excluding carboxylic acids is 1. The maximum Gasteiger partial charge on any atom is 0.222 e. The van der Waals surface area contributed by atoms with Crippen molar-refractivity contribution in [1.82, 2.24) is 4.90 Å². The van der Waals surface area contributed by atoms with Gasteiger partial charge >= 0.3 is 0 Å². The molecule has 1 amide bonds. The van der Waals surface area contributed by atoms with Gasteiger partial charge in [-0.05, 0) is 12.3 Å². The molecule has 0 aromatic carbocycles. The highest BCUT2D eigenvalue weighted by Gasteiger charge is 2.27. The standard InChI is InChI=1S/C11H20N2O/c12-10-7-13(8-10)11(14)6-5-9-3-1-2-4-9/h9-10H,1-8,12H2. The molecular weight excluding hydrogens is 176 g/mol. The fourth-order valence-electron chi connectivity index (χ4n) is 2.50. The number of hydrogen-bond donors (Lipinski definition) is 1. The number of carbonyl (C=O) groups is 1. The molecule has 0 aromatic rings. The van der Waals surface area contributed by atoms with Crippen LogP contribution >= 0.6 is 0 Å². The van der Waals surface area contributed by atoms with Crippen molar-refractivity contribution in [3.63, 3.8) is 0 Å². The molecule has 3 heteroatoms. The Balaban J connectivity index is 1.62. The molecule has 1 heterocycles. The van der Waals surface area contributed by atoms with Gasteiger partial charge in [0, 0.05) is 25.6 Å². The number of hydrogen-bond acceptors (Lipinski definition) is 2. The lowest BCUT2D eigenvalue weighted by Crippen LogP contribution is -2.57. The van der Waals surface area contributed by atoms with Crippen LogP contribution in [0.25, 0.3) is 0 Å². The fraction of sp³-hybridized carbons (Fsp3) is 0.909. The molecule has 1 saturated carbocycles. The Hall–Kier alpha value is -0.570. The zero-order valence-corrected chi connectivity index (χ0v) is 8.74. The lowest BCUT2D eigenvalue weighted by atomic mass is 10.0. The summed E-state index contributed by atoms with van der Waals surface area (Å²) < 4.78 is 0. The van der Waals surface area contributed by atoms with E-state index in [-0.39, 0.29) is 6.04 Å². The third-order valence-corrected chi connectivity index (χ3v) is 3.50. The molecule has 80 valence electrons. The predicted octanol–water partition coefficient (Wildman–Crippen LogP) is 1.13. The van der Waals surface area contributed by atoms with Crippen LogP contribution in [0.1, 0.15) is 38.5 Å². The number of likely N-dealkylation sites (tertiary alicyclic amines) is 1. The normalized spacial score (nSPS) is 23.9. The van der Waals surface area contributed by atoms with Gasteiger partial charge in [-0.25, -0.2) is 0 Å². The van der Waals surface area contributed by atoms with Gasteiger partial charge in [-0.1, -0.05) is 25.7 Å². The summed E-state index contributed by atoms with van der Waals surface area (Å²) in [6, 6.07) is 0.241. The molecule has 1 aliphatic heterocycles. The number of nitrogens with two attached hydrogens (primary N) is 1. The second kappa shape index (κ2) is 4.30. The van der Waals surface area contributed by atoms with Crippen LogP contribution in [0.15, 0.2) is 0 Å². The molecule has 3 nitrogen and oxygen atoms in total. The molecule has 2 N–H and O–H groups in total. The van der Waals surface area contributed by atoms with Crippen molar-refractivity contribution in [2.24, 2.45) is 11.7 Å². The third kappa shape index (κ3) is 2.27. The van der Waals surface area contributed by atoms with Crippen molar-refractivity contribution >= 4 is 5.91 Å². The van der Waals surface area contributed by atoms with E-state index in [0.717, 1.165) is 31.8 Å². The summed E-state index contributed by atoms with van der Waals surface area (Å²) in [6.07, 6.45) is 7.27. The van der Waals surface area contributed by atoms with Gasteiger partial charge in [0.2, 0.25) is 5.91 Å². The van der Waals surface area contributed by atoms with Crippen LogP contribution in [0.5, 0.6) is 0 Å². The van der Waals surface area contributed by atoms with Gasteiger partial charge in [-0.2, -0.15) is 0 Å².